The number of Topliss-reactive ketones (excluding diaryl/α,β-unsaturated/α-hetero) is 1. The molecule has 2 bridgehead atoms. The lowest BCUT2D eigenvalue weighted by Gasteiger charge is -2.36. The van der Waals surface area contributed by atoms with Crippen LogP contribution in [0, 0.1) is 23.2 Å². The Morgan fingerprint density at radius 1 is 1.21 bits per heavy atom. The molecule has 1 heteroatoms. The van der Waals surface area contributed by atoms with Crippen molar-refractivity contribution >= 4 is 5.78 Å². The standard InChI is InChI=1S/C18H24O/c1-4-7-15(8-5-2)17(19)18(11-6-3)13-14-9-10-16(18)12-14/h4-6,9-10,14-16H,1-3,7-8,11-13H2/t14-,16+,18-/m0/s1. The van der Waals surface area contributed by atoms with Gasteiger partial charge in [-0.1, -0.05) is 30.4 Å². The Kier molecular flexibility index (Phi) is 4.24. The van der Waals surface area contributed by atoms with E-state index in [9.17, 15) is 4.79 Å². The number of rotatable bonds is 8. The molecule has 19 heavy (non-hydrogen) atoms. The lowest BCUT2D eigenvalue weighted by atomic mass is 9.66. The number of allylic oxidation sites excluding steroid dienone is 5. The van der Waals surface area contributed by atoms with E-state index < -0.39 is 0 Å². The van der Waals surface area contributed by atoms with Gasteiger partial charge in [0.25, 0.3) is 0 Å². The summed E-state index contributed by atoms with van der Waals surface area (Å²) >= 11 is 0. The zero-order valence-electron chi connectivity index (χ0n) is 11.7. The van der Waals surface area contributed by atoms with Crippen LogP contribution in [-0.2, 0) is 4.79 Å². The SMILES string of the molecule is C=CCC(CC=C)C(=O)[C@@]1(CC=C)C[C@H]2C=C[C@@H]1C2. The highest BCUT2D eigenvalue weighted by Crippen LogP contribution is 2.56. The van der Waals surface area contributed by atoms with Gasteiger partial charge in [-0.2, -0.15) is 0 Å². The zero-order chi connectivity index (χ0) is 13.9. The molecule has 0 radical (unpaired) electrons. The summed E-state index contributed by atoms with van der Waals surface area (Å²) in [6.45, 7) is 11.4. The molecule has 0 heterocycles. The molecule has 0 amide bonds. The van der Waals surface area contributed by atoms with Crippen molar-refractivity contribution in [2.45, 2.75) is 32.1 Å². The topological polar surface area (TPSA) is 17.1 Å². The number of hydrogen-bond donors (Lipinski definition) is 0. The van der Waals surface area contributed by atoms with Gasteiger partial charge in [-0.05, 0) is 43.9 Å². The van der Waals surface area contributed by atoms with Gasteiger partial charge in [0.2, 0.25) is 0 Å². The van der Waals surface area contributed by atoms with Crippen molar-refractivity contribution < 1.29 is 4.79 Å². The molecule has 0 unspecified atom stereocenters. The summed E-state index contributed by atoms with van der Waals surface area (Å²) in [4.78, 5) is 13.0. The Hall–Kier alpha value is -1.37. The van der Waals surface area contributed by atoms with Crippen molar-refractivity contribution in [2.24, 2.45) is 23.2 Å². The maximum atomic E-state index is 13.0. The largest absolute Gasteiger partial charge is 0.299 e. The van der Waals surface area contributed by atoms with E-state index in [1.807, 2.05) is 18.2 Å². The molecular formula is C18H24O. The van der Waals surface area contributed by atoms with Gasteiger partial charge in [-0.25, -0.2) is 0 Å². The molecule has 2 aliphatic carbocycles. The third kappa shape index (κ3) is 2.39. The number of fused-ring (bicyclic) bond motifs is 2. The highest BCUT2D eigenvalue weighted by atomic mass is 16.1. The van der Waals surface area contributed by atoms with E-state index in [2.05, 4.69) is 31.9 Å². The lowest BCUT2D eigenvalue weighted by molar-refractivity contribution is -0.134. The normalized spacial score (nSPS) is 31.6. The predicted octanol–water partition coefficient (Wildman–Crippen LogP) is 4.48. The minimum Gasteiger partial charge on any atom is -0.299 e. The molecule has 3 atom stereocenters. The summed E-state index contributed by atoms with van der Waals surface area (Å²) < 4.78 is 0. The summed E-state index contributed by atoms with van der Waals surface area (Å²) in [5.41, 5.74) is -0.197. The molecule has 2 rings (SSSR count). The molecule has 0 aromatic rings. The summed E-state index contributed by atoms with van der Waals surface area (Å²) in [7, 11) is 0. The fraction of sp³-hybridized carbons (Fsp3) is 0.500. The maximum absolute atomic E-state index is 13.0. The first-order valence-corrected chi connectivity index (χ1v) is 7.23. The van der Waals surface area contributed by atoms with Crippen LogP contribution in [0.1, 0.15) is 32.1 Å². The Labute approximate surface area is 116 Å². The first-order valence-electron chi connectivity index (χ1n) is 7.23. The third-order valence-corrected chi connectivity index (χ3v) is 4.78. The summed E-state index contributed by atoms with van der Waals surface area (Å²) in [5, 5.41) is 0. The van der Waals surface area contributed by atoms with Gasteiger partial charge < -0.3 is 0 Å². The minimum absolute atomic E-state index is 0.0442. The molecular weight excluding hydrogens is 232 g/mol. The highest BCUT2D eigenvalue weighted by Gasteiger charge is 2.53. The first-order chi connectivity index (χ1) is 9.17. The molecule has 0 N–H and O–H groups in total. The summed E-state index contributed by atoms with van der Waals surface area (Å²) in [6.07, 6.45) is 14.7. The van der Waals surface area contributed by atoms with Crippen molar-refractivity contribution in [3.05, 3.63) is 50.1 Å². The third-order valence-electron chi connectivity index (χ3n) is 4.78. The van der Waals surface area contributed by atoms with Crippen LogP contribution in [0.15, 0.2) is 50.1 Å². The van der Waals surface area contributed by atoms with Crippen molar-refractivity contribution in [3.8, 4) is 0 Å². The van der Waals surface area contributed by atoms with Gasteiger partial charge >= 0.3 is 0 Å². The summed E-state index contributed by atoms with van der Waals surface area (Å²) in [5.74, 6) is 1.47. The van der Waals surface area contributed by atoms with Crippen LogP contribution in [0.2, 0.25) is 0 Å². The number of carbonyl (C=O) groups is 1. The lowest BCUT2D eigenvalue weighted by Crippen LogP contribution is -2.39. The van der Waals surface area contributed by atoms with Crippen LogP contribution < -0.4 is 0 Å². The van der Waals surface area contributed by atoms with Crippen molar-refractivity contribution in [2.75, 3.05) is 0 Å². The quantitative estimate of drug-likeness (QED) is 0.585. The molecule has 0 aromatic heterocycles. The van der Waals surface area contributed by atoms with E-state index in [1.54, 1.807) is 0 Å². The Morgan fingerprint density at radius 2 is 1.89 bits per heavy atom. The van der Waals surface area contributed by atoms with Crippen LogP contribution in [0.5, 0.6) is 0 Å². The smallest absolute Gasteiger partial charge is 0.143 e. The second-order valence-electron chi connectivity index (χ2n) is 5.95. The number of ketones is 1. The molecule has 1 nitrogen and oxygen atoms in total. The monoisotopic (exact) mass is 256 g/mol. The number of carbonyl (C=O) groups excluding carboxylic acids is 1. The van der Waals surface area contributed by atoms with Gasteiger partial charge in [0.05, 0.1) is 0 Å². The second kappa shape index (κ2) is 5.73. The van der Waals surface area contributed by atoms with Gasteiger partial charge in [0.1, 0.15) is 5.78 Å². The summed E-state index contributed by atoms with van der Waals surface area (Å²) in [6, 6.07) is 0. The molecule has 0 spiro atoms. The van der Waals surface area contributed by atoms with Crippen molar-refractivity contribution in [1.82, 2.24) is 0 Å². The van der Waals surface area contributed by atoms with E-state index in [0.717, 1.165) is 32.1 Å². The zero-order valence-corrected chi connectivity index (χ0v) is 11.7. The molecule has 2 aliphatic rings. The molecule has 0 aromatic carbocycles. The van der Waals surface area contributed by atoms with Crippen LogP contribution >= 0.6 is 0 Å². The van der Waals surface area contributed by atoms with Crippen molar-refractivity contribution in [1.29, 1.82) is 0 Å². The molecule has 102 valence electrons. The van der Waals surface area contributed by atoms with Crippen molar-refractivity contribution in [3.63, 3.8) is 0 Å². The van der Waals surface area contributed by atoms with Gasteiger partial charge in [0, 0.05) is 11.3 Å². The first kappa shape index (κ1) is 14.0. The fourth-order valence-electron chi connectivity index (χ4n) is 3.95. The average molecular weight is 256 g/mol. The maximum Gasteiger partial charge on any atom is 0.143 e. The number of hydrogen-bond acceptors (Lipinski definition) is 1. The van der Waals surface area contributed by atoms with E-state index in [1.165, 1.54) is 0 Å². The van der Waals surface area contributed by atoms with Gasteiger partial charge in [-0.15, -0.1) is 19.7 Å². The van der Waals surface area contributed by atoms with Crippen LogP contribution in [-0.4, -0.2) is 5.78 Å². The predicted molar refractivity (Wildman–Crippen MR) is 80.7 cm³/mol. The Morgan fingerprint density at radius 3 is 2.32 bits per heavy atom. The highest BCUT2D eigenvalue weighted by molar-refractivity contribution is 5.88. The second-order valence-corrected chi connectivity index (χ2v) is 5.95. The molecule has 0 aliphatic heterocycles. The van der Waals surface area contributed by atoms with Crippen LogP contribution in [0.25, 0.3) is 0 Å². The Bertz CT molecular complexity index is 407. The van der Waals surface area contributed by atoms with E-state index in [-0.39, 0.29) is 11.3 Å². The van der Waals surface area contributed by atoms with Gasteiger partial charge in [-0.3, -0.25) is 4.79 Å². The Balaban J connectivity index is 2.25. The fourth-order valence-corrected chi connectivity index (χ4v) is 3.95. The van der Waals surface area contributed by atoms with E-state index in [0.29, 0.717) is 17.6 Å². The van der Waals surface area contributed by atoms with E-state index >= 15 is 0 Å². The molecule has 0 saturated heterocycles. The minimum atomic E-state index is -0.197. The van der Waals surface area contributed by atoms with Crippen LogP contribution in [0.4, 0.5) is 0 Å². The van der Waals surface area contributed by atoms with E-state index in [4.69, 9.17) is 0 Å². The average Bonchev–Trinajstić information content (AvgIpc) is 2.99. The van der Waals surface area contributed by atoms with Gasteiger partial charge in [0.15, 0.2) is 0 Å². The van der Waals surface area contributed by atoms with Crippen LogP contribution in [0.3, 0.4) is 0 Å². The molecule has 1 fully saturated rings. The molecule has 1 saturated carbocycles.